The highest BCUT2D eigenvalue weighted by Crippen LogP contribution is 2.11. The monoisotopic (exact) mass is 300 g/mol. The van der Waals surface area contributed by atoms with Crippen molar-refractivity contribution in [3.8, 4) is 0 Å². The van der Waals surface area contributed by atoms with Crippen molar-refractivity contribution in [1.82, 2.24) is 14.9 Å². The maximum Gasteiger partial charge on any atom is 0.225 e. The van der Waals surface area contributed by atoms with Crippen LogP contribution in [0.2, 0.25) is 0 Å². The number of rotatable bonds is 3. The third-order valence-corrected chi connectivity index (χ3v) is 3.79. The summed E-state index contributed by atoms with van der Waals surface area (Å²) in [6.07, 6.45) is 5.20. The number of aliphatic imine (C=N–C) groups is 1. The lowest BCUT2D eigenvalue weighted by atomic mass is 10.3. The Morgan fingerprint density at radius 2 is 2.00 bits per heavy atom. The second-order valence-electron chi connectivity index (χ2n) is 5.22. The molecule has 2 N–H and O–H groups in total. The first-order chi connectivity index (χ1) is 10.7. The Morgan fingerprint density at radius 1 is 1.27 bits per heavy atom. The molecule has 0 amide bonds. The van der Waals surface area contributed by atoms with E-state index < -0.39 is 0 Å². The van der Waals surface area contributed by atoms with Gasteiger partial charge in [0.1, 0.15) is 12.3 Å². The van der Waals surface area contributed by atoms with Gasteiger partial charge >= 0.3 is 0 Å². The Kier molecular flexibility index (Phi) is 4.22. The predicted molar refractivity (Wildman–Crippen MR) is 84.6 cm³/mol. The summed E-state index contributed by atoms with van der Waals surface area (Å²) in [5.41, 5.74) is 7.18. The molecular formula is C15H20N6O. The molecule has 0 bridgehead atoms. The summed E-state index contributed by atoms with van der Waals surface area (Å²) >= 11 is 0. The van der Waals surface area contributed by atoms with Crippen LogP contribution < -0.4 is 10.6 Å². The summed E-state index contributed by atoms with van der Waals surface area (Å²) in [5.74, 6) is 2.19. The van der Waals surface area contributed by atoms with Crippen molar-refractivity contribution in [3.63, 3.8) is 0 Å². The average Bonchev–Trinajstić information content (AvgIpc) is 2.99. The van der Waals surface area contributed by atoms with E-state index in [-0.39, 0.29) is 0 Å². The lowest BCUT2D eigenvalue weighted by Crippen LogP contribution is -2.51. The minimum atomic E-state index is 0.479. The molecule has 1 saturated heterocycles. The van der Waals surface area contributed by atoms with Crippen LogP contribution in [0.1, 0.15) is 11.3 Å². The zero-order valence-corrected chi connectivity index (χ0v) is 12.6. The predicted octanol–water partition coefficient (Wildman–Crippen LogP) is 1.01. The van der Waals surface area contributed by atoms with Crippen LogP contribution in [-0.4, -0.2) is 47.0 Å². The number of hydrogen-bond acceptors (Lipinski definition) is 5. The smallest absolute Gasteiger partial charge is 0.225 e. The first kappa shape index (κ1) is 14.4. The number of guanidine groups is 1. The van der Waals surface area contributed by atoms with Crippen molar-refractivity contribution in [2.45, 2.75) is 13.5 Å². The number of nitrogens with two attached hydrogens (primary N) is 1. The first-order valence-electron chi connectivity index (χ1n) is 7.34. The largest absolute Gasteiger partial charge is 0.467 e. The van der Waals surface area contributed by atoms with Gasteiger partial charge in [0.25, 0.3) is 0 Å². The van der Waals surface area contributed by atoms with Gasteiger partial charge in [0.05, 0.1) is 6.26 Å². The van der Waals surface area contributed by atoms with E-state index in [0.717, 1.165) is 43.5 Å². The normalized spacial score (nSPS) is 16.1. The molecule has 1 aliphatic rings. The molecular weight excluding hydrogens is 280 g/mol. The Bertz CT molecular complexity index is 630. The third kappa shape index (κ3) is 3.19. The van der Waals surface area contributed by atoms with Crippen LogP contribution in [0.25, 0.3) is 0 Å². The fourth-order valence-electron chi connectivity index (χ4n) is 2.41. The van der Waals surface area contributed by atoms with Crippen molar-refractivity contribution in [1.29, 1.82) is 0 Å². The highest BCUT2D eigenvalue weighted by Gasteiger charge is 2.19. The van der Waals surface area contributed by atoms with Gasteiger partial charge in [-0.05, 0) is 24.6 Å². The molecule has 2 aromatic rings. The van der Waals surface area contributed by atoms with Crippen LogP contribution >= 0.6 is 0 Å². The maximum absolute atomic E-state index is 6.08. The number of anilines is 1. The zero-order chi connectivity index (χ0) is 15.4. The van der Waals surface area contributed by atoms with E-state index in [1.807, 2.05) is 19.1 Å². The first-order valence-corrected chi connectivity index (χ1v) is 7.34. The standard InChI is InChI=1S/C15H20N6O/c1-12-3-10-22-13(12)11-19-14(16)20-6-8-21(9-7-20)15-17-4-2-5-18-15/h2-5,10H,6-9,11H2,1H3,(H2,16,19). The molecule has 0 aromatic carbocycles. The van der Waals surface area contributed by atoms with E-state index >= 15 is 0 Å². The average molecular weight is 300 g/mol. The van der Waals surface area contributed by atoms with E-state index in [0.29, 0.717) is 12.5 Å². The fourth-order valence-corrected chi connectivity index (χ4v) is 2.41. The summed E-state index contributed by atoms with van der Waals surface area (Å²) in [7, 11) is 0. The zero-order valence-electron chi connectivity index (χ0n) is 12.6. The minimum absolute atomic E-state index is 0.479. The molecule has 3 heterocycles. The van der Waals surface area contributed by atoms with Gasteiger partial charge in [0, 0.05) is 38.6 Å². The molecule has 1 fully saturated rings. The summed E-state index contributed by atoms with van der Waals surface area (Å²) in [6.45, 7) is 5.77. The van der Waals surface area contributed by atoms with Gasteiger partial charge in [-0.15, -0.1) is 0 Å². The molecule has 22 heavy (non-hydrogen) atoms. The molecule has 0 saturated carbocycles. The Morgan fingerprint density at radius 3 is 2.64 bits per heavy atom. The van der Waals surface area contributed by atoms with Crippen molar-refractivity contribution < 1.29 is 4.42 Å². The van der Waals surface area contributed by atoms with Gasteiger partial charge in [0.15, 0.2) is 5.96 Å². The van der Waals surface area contributed by atoms with Gasteiger partial charge in [-0.1, -0.05) is 0 Å². The molecule has 0 atom stereocenters. The van der Waals surface area contributed by atoms with Gasteiger partial charge in [-0.3, -0.25) is 0 Å². The topological polar surface area (TPSA) is 83.8 Å². The van der Waals surface area contributed by atoms with Crippen molar-refractivity contribution in [3.05, 3.63) is 42.1 Å². The van der Waals surface area contributed by atoms with E-state index in [2.05, 4.69) is 24.8 Å². The third-order valence-electron chi connectivity index (χ3n) is 3.79. The Balaban J connectivity index is 1.55. The van der Waals surface area contributed by atoms with E-state index in [1.165, 1.54) is 0 Å². The van der Waals surface area contributed by atoms with Crippen molar-refractivity contribution in [2.24, 2.45) is 10.7 Å². The highest BCUT2D eigenvalue weighted by molar-refractivity contribution is 5.78. The van der Waals surface area contributed by atoms with Crippen LogP contribution in [-0.2, 0) is 6.54 Å². The Hall–Kier alpha value is -2.57. The molecule has 3 rings (SSSR count). The molecule has 0 spiro atoms. The van der Waals surface area contributed by atoms with Gasteiger partial charge in [0.2, 0.25) is 5.95 Å². The number of hydrogen-bond donors (Lipinski definition) is 1. The lowest BCUT2D eigenvalue weighted by Gasteiger charge is -2.35. The number of nitrogens with zero attached hydrogens (tertiary/aromatic N) is 5. The summed E-state index contributed by atoms with van der Waals surface area (Å²) in [6, 6.07) is 3.75. The van der Waals surface area contributed by atoms with Gasteiger partial charge in [-0.25, -0.2) is 15.0 Å². The van der Waals surface area contributed by atoms with Crippen LogP contribution in [0.15, 0.2) is 40.2 Å². The van der Waals surface area contributed by atoms with Gasteiger partial charge < -0.3 is 20.0 Å². The van der Waals surface area contributed by atoms with Crippen LogP contribution in [0, 0.1) is 6.92 Å². The SMILES string of the molecule is Cc1ccoc1CN=C(N)N1CCN(c2ncccn2)CC1. The van der Waals surface area contributed by atoms with Crippen LogP contribution in [0.3, 0.4) is 0 Å². The second-order valence-corrected chi connectivity index (χ2v) is 5.22. The summed E-state index contributed by atoms with van der Waals surface area (Å²) < 4.78 is 5.37. The van der Waals surface area contributed by atoms with E-state index in [1.54, 1.807) is 18.7 Å². The van der Waals surface area contributed by atoms with E-state index in [9.17, 15) is 0 Å². The molecule has 0 radical (unpaired) electrons. The molecule has 116 valence electrons. The maximum atomic E-state index is 6.08. The van der Waals surface area contributed by atoms with Gasteiger partial charge in [-0.2, -0.15) is 0 Å². The quantitative estimate of drug-likeness (QED) is 0.673. The highest BCUT2D eigenvalue weighted by atomic mass is 16.3. The fraction of sp³-hybridized carbons (Fsp3) is 0.400. The number of aromatic nitrogens is 2. The number of piperazine rings is 1. The molecule has 1 aliphatic heterocycles. The second kappa shape index (κ2) is 6.46. The number of aryl methyl sites for hydroxylation is 1. The van der Waals surface area contributed by atoms with Crippen molar-refractivity contribution >= 4 is 11.9 Å². The molecule has 2 aromatic heterocycles. The Labute approximate surface area is 129 Å². The van der Waals surface area contributed by atoms with Crippen LogP contribution in [0.5, 0.6) is 0 Å². The molecule has 7 nitrogen and oxygen atoms in total. The van der Waals surface area contributed by atoms with Crippen molar-refractivity contribution in [2.75, 3.05) is 31.1 Å². The molecule has 0 aliphatic carbocycles. The van der Waals surface area contributed by atoms with Crippen LogP contribution in [0.4, 0.5) is 5.95 Å². The van der Waals surface area contributed by atoms with E-state index in [4.69, 9.17) is 10.2 Å². The molecule has 7 heteroatoms. The molecule has 0 unspecified atom stereocenters. The lowest BCUT2D eigenvalue weighted by molar-refractivity contribution is 0.377. The summed E-state index contributed by atoms with van der Waals surface area (Å²) in [4.78, 5) is 17.2. The minimum Gasteiger partial charge on any atom is -0.467 e. The number of furan rings is 1. The summed E-state index contributed by atoms with van der Waals surface area (Å²) in [5, 5.41) is 0.